The Morgan fingerprint density at radius 3 is 2.60 bits per heavy atom. The van der Waals surface area contributed by atoms with Crippen molar-refractivity contribution in [3.05, 3.63) is 35.9 Å². The van der Waals surface area contributed by atoms with E-state index in [4.69, 9.17) is 4.74 Å². The Morgan fingerprint density at radius 1 is 1.25 bits per heavy atom. The standard InChI is InChI=1S/C18H26O2/c1-14-11-16(13-18(2,3)12-14)20-10-9-17(19)15-7-5-4-6-8-15/h4-8,14,16H,9-13H2,1-3H3. The Bertz CT molecular complexity index is 436. The van der Waals surface area contributed by atoms with Gasteiger partial charge in [-0.1, -0.05) is 51.1 Å². The van der Waals surface area contributed by atoms with Crippen molar-refractivity contribution in [3.63, 3.8) is 0 Å². The molecular weight excluding hydrogens is 248 g/mol. The second-order valence-corrected chi connectivity index (χ2v) is 6.95. The van der Waals surface area contributed by atoms with Crippen LogP contribution in [0.25, 0.3) is 0 Å². The summed E-state index contributed by atoms with van der Waals surface area (Å²) in [7, 11) is 0. The Hall–Kier alpha value is -1.15. The molecule has 0 aromatic heterocycles. The highest BCUT2D eigenvalue weighted by Crippen LogP contribution is 2.39. The molecule has 0 spiro atoms. The molecule has 1 aromatic carbocycles. The molecule has 2 unspecified atom stereocenters. The Balaban J connectivity index is 1.77. The molecule has 1 fully saturated rings. The van der Waals surface area contributed by atoms with Crippen molar-refractivity contribution in [1.29, 1.82) is 0 Å². The van der Waals surface area contributed by atoms with Gasteiger partial charge in [0, 0.05) is 12.0 Å². The summed E-state index contributed by atoms with van der Waals surface area (Å²) in [5.74, 6) is 0.891. The van der Waals surface area contributed by atoms with Crippen LogP contribution in [0.4, 0.5) is 0 Å². The zero-order valence-electron chi connectivity index (χ0n) is 12.9. The van der Waals surface area contributed by atoms with Gasteiger partial charge >= 0.3 is 0 Å². The van der Waals surface area contributed by atoms with Crippen LogP contribution in [0.1, 0.15) is 56.8 Å². The number of hydrogen-bond acceptors (Lipinski definition) is 2. The van der Waals surface area contributed by atoms with Gasteiger partial charge in [0.05, 0.1) is 12.7 Å². The number of hydrogen-bond donors (Lipinski definition) is 0. The maximum atomic E-state index is 12.0. The van der Waals surface area contributed by atoms with Crippen LogP contribution in [0.2, 0.25) is 0 Å². The van der Waals surface area contributed by atoms with Crippen molar-refractivity contribution < 1.29 is 9.53 Å². The van der Waals surface area contributed by atoms with Crippen LogP contribution in [0.15, 0.2) is 30.3 Å². The minimum atomic E-state index is 0.175. The molecular formula is C18H26O2. The topological polar surface area (TPSA) is 26.3 Å². The lowest BCUT2D eigenvalue weighted by Crippen LogP contribution is -2.33. The van der Waals surface area contributed by atoms with E-state index in [1.165, 1.54) is 6.42 Å². The van der Waals surface area contributed by atoms with Gasteiger partial charge in [-0.15, -0.1) is 0 Å². The minimum Gasteiger partial charge on any atom is -0.378 e. The van der Waals surface area contributed by atoms with Gasteiger partial charge in [-0.25, -0.2) is 0 Å². The summed E-state index contributed by atoms with van der Waals surface area (Å²) in [4.78, 5) is 12.0. The summed E-state index contributed by atoms with van der Waals surface area (Å²) in [6, 6.07) is 9.47. The van der Waals surface area contributed by atoms with E-state index in [9.17, 15) is 4.79 Å². The number of ether oxygens (including phenoxy) is 1. The first kappa shape index (κ1) is 15.2. The zero-order valence-corrected chi connectivity index (χ0v) is 12.9. The number of ketones is 1. The van der Waals surface area contributed by atoms with Crippen molar-refractivity contribution in [1.82, 2.24) is 0 Å². The van der Waals surface area contributed by atoms with Crippen LogP contribution in [0, 0.1) is 11.3 Å². The van der Waals surface area contributed by atoms with E-state index in [1.807, 2.05) is 30.3 Å². The van der Waals surface area contributed by atoms with Gasteiger partial charge in [0.1, 0.15) is 0 Å². The molecule has 110 valence electrons. The molecule has 0 N–H and O–H groups in total. The highest BCUT2D eigenvalue weighted by molar-refractivity contribution is 5.96. The molecule has 1 aliphatic carbocycles. The summed E-state index contributed by atoms with van der Waals surface area (Å²) < 4.78 is 5.96. The largest absolute Gasteiger partial charge is 0.378 e. The lowest BCUT2D eigenvalue weighted by molar-refractivity contribution is -0.0219. The second kappa shape index (κ2) is 6.53. The van der Waals surface area contributed by atoms with Gasteiger partial charge in [0.15, 0.2) is 5.78 Å². The van der Waals surface area contributed by atoms with E-state index in [0.717, 1.165) is 18.4 Å². The normalized spacial score (nSPS) is 25.4. The molecule has 1 saturated carbocycles. The molecule has 2 nitrogen and oxygen atoms in total. The first-order valence-corrected chi connectivity index (χ1v) is 7.66. The van der Waals surface area contributed by atoms with Crippen molar-refractivity contribution in [2.75, 3.05) is 6.61 Å². The predicted octanol–water partition coefficient (Wildman–Crippen LogP) is 4.49. The van der Waals surface area contributed by atoms with Gasteiger partial charge in [-0.05, 0) is 30.6 Å². The Kier molecular flexibility index (Phi) is 4.98. The van der Waals surface area contributed by atoms with Crippen LogP contribution in [-0.4, -0.2) is 18.5 Å². The molecule has 2 atom stereocenters. The molecule has 0 radical (unpaired) electrons. The second-order valence-electron chi connectivity index (χ2n) is 6.95. The third-order valence-electron chi connectivity index (χ3n) is 4.13. The van der Waals surface area contributed by atoms with Crippen LogP contribution in [0.5, 0.6) is 0 Å². The van der Waals surface area contributed by atoms with Crippen molar-refractivity contribution in [2.24, 2.45) is 11.3 Å². The molecule has 2 heteroatoms. The van der Waals surface area contributed by atoms with Crippen LogP contribution >= 0.6 is 0 Å². The maximum Gasteiger partial charge on any atom is 0.165 e. The lowest BCUT2D eigenvalue weighted by atomic mass is 9.71. The fraction of sp³-hybridized carbons (Fsp3) is 0.611. The van der Waals surface area contributed by atoms with Crippen LogP contribution in [0.3, 0.4) is 0 Å². The van der Waals surface area contributed by atoms with Crippen LogP contribution in [-0.2, 0) is 4.74 Å². The van der Waals surface area contributed by atoms with E-state index >= 15 is 0 Å². The molecule has 0 amide bonds. The SMILES string of the molecule is CC1CC(OCCC(=O)c2ccccc2)CC(C)(C)C1. The molecule has 2 rings (SSSR count). The quantitative estimate of drug-likeness (QED) is 0.739. The molecule has 20 heavy (non-hydrogen) atoms. The number of carbonyl (C=O) groups excluding carboxylic acids is 1. The summed E-state index contributed by atoms with van der Waals surface area (Å²) in [5.41, 5.74) is 1.15. The first-order valence-electron chi connectivity index (χ1n) is 7.66. The van der Waals surface area contributed by atoms with Gasteiger partial charge in [0.25, 0.3) is 0 Å². The van der Waals surface area contributed by atoms with Crippen LogP contribution < -0.4 is 0 Å². The maximum absolute atomic E-state index is 12.0. The van der Waals surface area contributed by atoms with Gasteiger partial charge in [-0.3, -0.25) is 4.79 Å². The van der Waals surface area contributed by atoms with Crippen molar-refractivity contribution in [2.45, 2.75) is 52.6 Å². The van der Waals surface area contributed by atoms with E-state index in [1.54, 1.807) is 0 Å². The summed E-state index contributed by atoms with van der Waals surface area (Å²) in [6.07, 6.45) is 4.31. The van der Waals surface area contributed by atoms with Gasteiger partial charge in [-0.2, -0.15) is 0 Å². The monoisotopic (exact) mass is 274 g/mol. The van der Waals surface area contributed by atoms with Crippen molar-refractivity contribution >= 4 is 5.78 Å². The zero-order chi connectivity index (χ0) is 14.6. The van der Waals surface area contributed by atoms with Gasteiger partial charge in [0.2, 0.25) is 0 Å². The average Bonchev–Trinajstić information content (AvgIpc) is 2.37. The fourth-order valence-electron chi connectivity index (χ4n) is 3.47. The molecule has 0 aliphatic heterocycles. The van der Waals surface area contributed by atoms with E-state index in [-0.39, 0.29) is 5.78 Å². The third-order valence-corrected chi connectivity index (χ3v) is 4.13. The average molecular weight is 274 g/mol. The van der Waals surface area contributed by atoms with Crippen molar-refractivity contribution in [3.8, 4) is 0 Å². The summed E-state index contributed by atoms with van der Waals surface area (Å²) in [6.45, 7) is 7.47. The number of carbonyl (C=O) groups is 1. The molecule has 0 bridgehead atoms. The lowest BCUT2D eigenvalue weighted by Gasteiger charge is -2.38. The predicted molar refractivity (Wildman–Crippen MR) is 81.9 cm³/mol. The summed E-state index contributed by atoms with van der Waals surface area (Å²) in [5, 5.41) is 0. The molecule has 1 aromatic rings. The smallest absolute Gasteiger partial charge is 0.165 e. The highest BCUT2D eigenvalue weighted by atomic mass is 16.5. The number of Topliss-reactive ketones (excluding diaryl/α,β-unsaturated/α-hetero) is 1. The van der Waals surface area contributed by atoms with E-state index in [0.29, 0.717) is 30.5 Å². The Morgan fingerprint density at radius 2 is 1.95 bits per heavy atom. The minimum absolute atomic E-state index is 0.175. The molecule has 0 saturated heterocycles. The molecule has 1 aliphatic rings. The number of rotatable bonds is 5. The third kappa shape index (κ3) is 4.45. The first-order chi connectivity index (χ1) is 9.46. The number of benzene rings is 1. The Labute approximate surface area is 122 Å². The fourth-order valence-corrected chi connectivity index (χ4v) is 3.47. The van der Waals surface area contributed by atoms with E-state index in [2.05, 4.69) is 20.8 Å². The molecule has 0 heterocycles. The summed E-state index contributed by atoms with van der Waals surface area (Å²) >= 11 is 0. The highest BCUT2D eigenvalue weighted by Gasteiger charge is 2.32. The van der Waals surface area contributed by atoms with Gasteiger partial charge < -0.3 is 4.74 Å². The van der Waals surface area contributed by atoms with E-state index < -0.39 is 0 Å².